The second-order valence-corrected chi connectivity index (χ2v) is 4.51. The van der Waals surface area contributed by atoms with E-state index in [2.05, 4.69) is 20.1 Å². The Morgan fingerprint density at radius 3 is 2.79 bits per heavy atom. The maximum atomic E-state index is 11.3. The summed E-state index contributed by atoms with van der Waals surface area (Å²) >= 11 is 0. The largest absolute Gasteiger partial charge is 0.330 e. The van der Waals surface area contributed by atoms with Crippen LogP contribution in [0.4, 0.5) is 5.95 Å². The Kier molecular flexibility index (Phi) is 3.36. The van der Waals surface area contributed by atoms with E-state index in [0.717, 1.165) is 0 Å². The third kappa shape index (κ3) is 3.26. The third-order valence-corrected chi connectivity index (χ3v) is 2.69. The van der Waals surface area contributed by atoms with Gasteiger partial charge in [0.2, 0.25) is 10.0 Å². The first-order valence-electron chi connectivity index (χ1n) is 3.98. The zero-order chi connectivity index (χ0) is 10.6. The van der Waals surface area contributed by atoms with Crippen molar-refractivity contribution >= 4 is 16.0 Å². The van der Waals surface area contributed by atoms with Crippen molar-refractivity contribution in [2.45, 2.75) is 6.42 Å². The quantitative estimate of drug-likeness (QED) is 0.611. The molecule has 0 saturated carbocycles. The molecular weight excluding hydrogens is 208 g/mol. The number of aromatic nitrogens is 4. The first kappa shape index (κ1) is 10.9. The van der Waals surface area contributed by atoms with Crippen LogP contribution in [0, 0.1) is 0 Å². The monoisotopic (exact) mass is 220 g/mol. The Hall–Kier alpha value is -1.22. The van der Waals surface area contributed by atoms with Crippen LogP contribution >= 0.6 is 0 Å². The lowest BCUT2D eigenvalue weighted by Crippen LogP contribution is -2.19. The highest BCUT2D eigenvalue weighted by molar-refractivity contribution is 7.92. The second-order valence-electron chi connectivity index (χ2n) is 2.67. The molecule has 0 amide bonds. The summed E-state index contributed by atoms with van der Waals surface area (Å²) in [5, 5.41) is 10.7. The van der Waals surface area contributed by atoms with Gasteiger partial charge in [0.1, 0.15) is 0 Å². The molecule has 1 aromatic heterocycles. The Labute approximate surface area is 81.5 Å². The molecule has 1 aromatic rings. The van der Waals surface area contributed by atoms with Crippen molar-refractivity contribution in [2.75, 3.05) is 17.0 Å². The number of anilines is 1. The summed E-state index contributed by atoms with van der Waals surface area (Å²) in [6.07, 6.45) is 0.398. The minimum absolute atomic E-state index is 0.0236. The van der Waals surface area contributed by atoms with Crippen LogP contribution < -0.4 is 10.5 Å². The molecule has 3 N–H and O–H groups in total. The number of tetrazole rings is 1. The Morgan fingerprint density at radius 2 is 2.29 bits per heavy atom. The smallest absolute Gasteiger partial charge is 0.276 e. The summed E-state index contributed by atoms with van der Waals surface area (Å²) in [6, 6.07) is 0. The minimum atomic E-state index is -3.39. The first-order chi connectivity index (χ1) is 6.53. The predicted octanol–water partition coefficient (Wildman–Crippen LogP) is -1.70. The van der Waals surface area contributed by atoms with Gasteiger partial charge in [0.25, 0.3) is 5.95 Å². The first-order valence-corrected chi connectivity index (χ1v) is 5.63. The molecule has 0 saturated heterocycles. The molecule has 0 atom stereocenters. The standard InChI is InChI=1S/C5H12N6O2S/c1-11-8-5(7-10-11)9-14(12,13)4-2-3-6/h2-4,6H2,1H3,(H,8,9). The molecule has 0 radical (unpaired) electrons. The van der Waals surface area contributed by atoms with Gasteiger partial charge in [0.05, 0.1) is 12.8 Å². The molecule has 0 aromatic carbocycles. The molecule has 0 aliphatic carbocycles. The van der Waals surface area contributed by atoms with Crippen LogP contribution in [0.2, 0.25) is 0 Å². The van der Waals surface area contributed by atoms with Crippen LogP contribution in [0.5, 0.6) is 0 Å². The fourth-order valence-corrected chi connectivity index (χ4v) is 1.80. The van der Waals surface area contributed by atoms with Crippen molar-refractivity contribution in [2.24, 2.45) is 12.8 Å². The molecule has 1 heterocycles. The lowest BCUT2D eigenvalue weighted by Gasteiger charge is -2.01. The van der Waals surface area contributed by atoms with Gasteiger partial charge >= 0.3 is 0 Å². The summed E-state index contributed by atoms with van der Waals surface area (Å²) in [5.74, 6) is -0.0635. The average Bonchev–Trinajstić information content (AvgIpc) is 2.47. The topological polar surface area (TPSA) is 116 Å². The van der Waals surface area contributed by atoms with Crippen molar-refractivity contribution in [3.63, 3.8) is 0 Å². The molecule has 8 nitrogen and oxygen atoms in total. The van der Waals surface area contributed by atoms with Gasteiger partial charge in [-0.25, -0.2) is 13.1 Å². The van der Waals surface area contributed by atoms with Crippen LogP contribution in [0.15, 0.2) is 0 Å². The van der Waals surface area contributed by atoms with Gasteiger partial charge in [-0.2, -0.15) is 4.80 Å². The zero-order valence-corrected chi connectivity index (χ0v) is 8.53. The Morgan fingerprint density at radius 1 is 1.57 bits per heavy atom. The molecule has 14 heavy (non-hydrogen) atoms. The van der Waals surface area contributed by atoms with E-state index in [1.165, 1.54) is 4.80 Å². The summed E-state index contributed by atoms with van der Waals surface area (Å²) < 4.78 is 24.8. The predicted molar refractivity (Wildman–Crippen MR) is 49.9 cm³/mol. The van der Waals surface area contributed by atoms with Crippen molar-refractivity contribution in [1.29, 1.82) is 0 Å². The highest BCUT2D eigenvalue weighted by Gasteiger charge is 2.12. The summed E-state index contributed by atoms with van der Waals surface area (Å²) in [5.41, 5.74) is 5.19. The Bertz CT molecular complexity index is 385. The van der Waals surface area contributed by atoms with Gasteiger partial charge < -0.3 is 5.73 Å². The van der Waals surface area contributed by atoms with Crippen LogP contribution in [0.3, 0.4) is 0 Å². The molecule has 1 rings (SSSR count). The number of aryl methyl sites for hydroxylation is 1. The Balaban J connectivity index is 2.59. The normalized spacial score (nSPS) is 11.6. The van der Waals surface area contributed by atoms with Crippen LogP contribution in [0.1, 0.15) is 6.42 Å². The highest BCUT2D eigenvalue weighted by atomic mass is 32.2. The maximum Gasteiger partial charge on any atom is 0.276 e. The second kappa shape index (κ2) is 4.33. The van der Waals surface area contributed by atoms with Gasteiger partial charge in [-0.05, 0) is 18.2 Å². The van der Waals surface area contributed by atoms with E-state index in [4.69, 9.17) is 5.73 Å². The van der Waals surface area contributed by atoms with E-state index < -0.39 is 10.0 Å². The number of nitrogens with one attached hydrogen (secondary N) is 1. The number of nitrogens with zero attached hydrogens (tertiary/aromatic N) is 4. The minimum Gasteiger partial charge on any atom is -0.330 e. The fraction of sp³-hybridized carbons (Fsp3) is 0.800. The van der Waals surface area contributed by atoms with Crippen LogP contribution in [-0.2, 0) is 17.1 Å². The van der Waals surface area contributed by atoms with Gasteiger partial charge in [0.15, 0.2) is 0 Å². The lowest BCUT2D eigenvalue weighted by molar-refractivity contribution is 0.598. The molecule has 0 fully saturated rings. The zero-order valence-electron chi connectivity index (χ0n) is 7.71. The number of nitrogens with two attached hydrogens (primary N) is 1. The van der Waals surface area contributed by atoms with Gasteiger partial charge in [-0.1, -0.05) is 5.10 Å². The van der Waals surface area contributed by atoms with Crippen molar-refractivity contribution < 1.29 is 8.42 Å². The third-order valence-electron chi connectivity index (χ3n) is 1.37. The van der Waals surface area contributed by atoms with Crippen molar-refractivity contribution in [3.8, 4) is 0 Å². The molecule has 9 heteroatoms. The molecule has 0 aliphatic heterocycles. The summed E-state index contributed by atoms with van der Waals surface area (Å²) in [4.78, 5) is 1.17. The van der Waals surface area contributed by atoms with Gasteiger partial charge in [-0.15, -0.1) is 5.10 Å². The molecule has 0 spiro atoms. The van der Waals surface area contributed by atoms with Gasteiger partial charge in [-0.3, -0.25) is 0 Å². The summed E-state index contributed by atoms with van der Waals surface area (Å²) in [6.45, 7) is 0.328. The number of hydrogen-bond acceptors (Lipinski definition) is 6. The van der Waals surface area contributed by atoms with Crippen LogP contribution in [-0.4, -0.2) is 40.9 Å². The van der Waals surface area contributed by atoms with E-state index in [9.17, 15) is 8.42 Å². The van der Waals surface area contributed by atoms with E-state index >= 15 is 0 Å². The SMILES string of the molecule is Cn1nnc(NS(=O)(=O)CCCN)n1. The van der Waals surface area contributed by atoms with E-state index in [1.54, 1.807) is 7.05 Å². The fourth-order valence-electron chi connectivity index (χ4n) is 0.788. The molecule has 80 valence electrons. The number of rotatable bonds is 5. The molecule has 0 unspecified atom stereocenters. The molecule has 0 bridgehead atoms. The van der Waals surface area contributed by atoms with E-state index in [0.29, 0.717) is 13.0 Å². The number of hydrogen-bond donors (Lipinski definition) is 2. The van der Waals surface area contributed by atoms with Crippen molar-refractivity contribution in [3.05, 3.63) is 0 Å². The lowest BCUT2D eigenvalue weighted by atomic mass is 10.5. The highest BCUT2D eigenvalue weighted by Crippen LogP contribution is 1.99. The van der Waals surface area contributed by atoms with E-state index in [1.807, 2.05) is 0 Å². The summed E-state index contributed by atoms with van der Waals surface area (Å²) in [7, 11) is -1.85. The molecular formula is C5H12N6O2S. The number of sulfonamides is 1. The maximum absolute atomic E-state index is 11.3. The molecule has 0 aliphatic rings. The van der Waals surface area contributed by atoms with E-state index in [-0.39, 0.29) is 11.7 Å². The average molecular weight is 220 g/mol. The van der Waals surface area contributed by atoms with Crippen LogP contribution in [0.25, 0.3) is 0 Å². The van der Waals surface area contributed by atoms with Gasteiger partial charge in [0, 0.05) is 0 Å². The van der Waals surface area contributed by atoms with Crippen molar-refractivity contribution in [1.82, 2.24) is 20.2 Å².